The summed E-state index contributed by atoms with van der Waals surface area (Å²) in [6.07, 6.45) is 1.36. The molecule has 1 saturated heterocycles. The van der Waals surface area contributed by atoms with Gasteiger partial charge in [0.05, 0.1) is 15.4 Å². The molecular formula is C23H16ClN3O6S. The van der Waals surface area contributed by atoms with Crippen LogP contribution in [0.3, 0.4) is 0 Å². The molecule has 172 valence electrons. The number of nitro groups is 1. The Kier molecular flexibility index (Phi) is 6.53. The minimum Gasteiger partial charge on any atom is -0.456 e. The van der Waals surface area contributed by atoms with E-state index in [4.69, 9.17) is 16.0 Å². The fourth-order valence-corrected chi connectivity index (χ4v) is 4.24. The number of para-hydroxylation sites is 1. The van der Waals surface area contributed by atoms with Crippen molar-refractivity contribution < 1.29 is 23.7 Å². The number of imide groups is 1. The van der Waals surface area contributed by atoms with Crippen LogP contribution in [-0.4, -0.2) is 33.4 Å². The Morgan fingerprint density at radius 2 is 1.97 bits per heavy atom. The number of anilines is 1. The standard InChI is InChI=1S/C23H16ClN3O6S/c1-13-4-2-3-5-17(13)25-21(28)12-26-22(29)20(34-23(26)30)11-15-7-9-19(33-15)16-8-6-14(24)10-18(16)27(31)32/h2-11H,12H2,1H3,(H,25,28)/b20-11+. The molecule has 34 heavy (non-hydrogen) atoms. The lowest BCUT2D eigenvalue weighted by Gasteiger charge is -2.13. The number of rotatable bonds is 6. The highest BCUT2D eigenvalue weighted by Crippen LogP contribution is 2.36. The summed E-state index contributed by atoms with van der Waals surface area (Å²) in [4.78, 5) is 49.1. The number of carbonyl (C=O) groups excluding carboxylic acids is 3. The van der Waals surface area contributed by atoms with Gasteiger partial charge in [-0.15, -0.1) is 0 Å². The summed E-state index contributed by atoms with van der Waals surface area (Å²) in [6.45, 7) is 1.39. The number of halogens is 1. The van der Waals surface area contributed by atoms with Crippen LogP contribution in [0.15, 0.2) is 63.9 Å². The molecule has 0 radical (unpaired) electrons. The highest BCUT2D eigenvalue weighted by molar-refractivity contribution is 8.18. The average Bonchev–Trinajstić information content (AvgIpc) is 3.35. The minimum atomic E-state index is -0.634. The molecule has 11 heteroatoms. The number of benzene rings is 2. The van der Waals surface area contributed by atoms with E-state index in [0.717, 1.165) is 10.5 Å². The van der Waals surface area contributed by atoms with E-state index in [2.05, 4.69) is 5.32 Å². The molecule has 0 unspecified atom stereocenters. The fourth-order valence-electron chi connectivity index (χ4n) is 3.25. The van der Waals surface area contributed by atoms with Crippen molar-refractivity contribution in [2.75, 3.05) is 11.9 Å². The van der Waals surface area contributed by atoms with Crippen LogP contribution >= 0.6 is 23.4 Å². The highest BCUT2D eigenvalue weighted by atomic mass is 35.5. The van der Waals surface area contributed by atoms with Gasteiger partial charge in [-0.2, -0.15) is 0 Å². The normalized spacial score (nSPS) is 14.6. The van der Waals surface area contributed by atoms with Crippen molar-refractivity contribution in [3.05, 3.63) is 86.0 Å². The predicted octanol–water partition coefficient (Wildman–Crippen LogP) is 5.49. The quantitative estimate of drug-likeness (QED) is 0.271. The summed E-state index contributed by atoms with van der Waals surface area (Å²) in [5.74, 6) is -0.723. The van der Waals surface area contributed by atoms with Gasteiger partial charge in [0.25, 0.3) is 16.8 Å². The van der Waals surface area contributed by atoms with Gasteiger partial charge in [0.1, 0.15) is 18.1 Å². The number of nitrogens with zero attached hydrogens (tertiary/aromatic N) is 2. The van der Waals surface area contributed by atoms with Gasteiger partial charge >= 0.3 is 0 Å². The molecule has 0 atom stereocenters. The minimum absolute atomic E-state index is 0.0696. The summed E-state index contributed by atoms with van der Waals surface area (Å²) < 4.78 is 5.66. The summed E-state index contributed by atoms with van der Waals surface area (Å²) in [5, 5.41) is 13.6. The Balaban J connectivity index is 1.50. The van der Waals surface area contributed by atoms with E-state index in [1.54, 1.807) is 12.1 Å². The highest BCUT2D eigenvalue weighted by Gasteiger charge is 2.36. The van der Waals surface area contributed by atoms with Gasteiger partial charge in [0, 0.05) is 22.9 Å². The fraction of sp³-hybridized carbons (Fsp3) is 0.0870. The van der Waals surface area contributed by atoms with Gasteiger partial charge in [-0.05, 0) is 54.6 Å². The van der Waals surface area contributed by atoms with Gasteiger partial charge < -0.3 is 9.73 Å². The van der Waals surface area contributed by atoms with E-state index >= 15 is 0 Å². The first-order valence-corrected chi connectivity index (χ1v) is 11.1. The first kappa shape index (κ1) is 23.3. The second kappa shape index (κ2) is 9.54. The largest absolute Gasteiger partial charge is 0.456 e. The Hall–Kier alpha value is -3.89. The number of hydrogen-bond acceptors (Lipinski definition) is 7. The molecule has 1 aliphatic heterocycles. The van der Waals surface area contributed by atoms with E-state index in [0.29, 0.717) is 17.4 Å². The van der Waals surface area contributed by atoms with Crippen LogP contribution in [0.25, 0.3) is 17.4 Å². The maximum absolute atomic E-state index is 12.7. The van der Waals surface area contributed by atoms with E-state index < -0.39 is 28.5 Å². The Bertz CT molecular complexity index is 1370. The second-order valence-electron chi connectivity index (χ2n) is 7.25. The first-order chi connectivity index (χ1) is 16.2. The third-order valence-electron chi connectivity index (χ3n) is 4.92. The predicted molar refractivity (Wildman–Crippen MR) is 128 cm³/mol. The van der Waals surface area contributed by atoms with Crippen molar-refractivity contribution in [1.29, 1.82) is 0 Å². The average molecular weight is 498 g/mol. The summed E-state index contributed by atoms with van der Waals surface area (Å²) in [7, 11) is 0. The van der Waals surface area contributed by atoms with Gasteiger partial charge in [-0.25, -0.2) is 0 Å². The monoisotopic (exact) mass is 497 g/mol. The molecule has 9 nitrogen and oxygen atoms in total. The van der Waals surface area contributed by atoms with Crippen LogP contribution in [0.1, 0.15) is 11.3 Å². The molecule has 2 heterocycles. The number of furan rings is 1. The zero-order valence-corrected chi connectivity index (χ0v) is 19.2. The SMILES string of the molecule is Cc1ccccc1NC(=O)CN1C(=O)S/C(=C/c2ccc(-c3ccc(Cl)cc3[N+](=O)[O-])o2)C1=O. The van der Waals surface area contributed by atoms with Gasteiger partial charge in [0.15, 0.2) is 0 Å². The third-order valence-corrected chi connectivity index (χ3v) is 6.06. The van der Waals surface area contributed by atoms with Crippen LogP contribution in [0.5, 0.6) is 0 Å². The Labute approximate surface area is 202 Å². The van der Waals surface area contributed by atoms with Crippen LogP contribution < -0.4 is 5.32 Å². The lowest BCUT2D eigenvalue weighted by molar-refractivity contribution is -0.384. The molecule has 1 N–H and O–H groups in total. The topological polar surface area (TPSA) is 123 Å². The number of amides is 3. The number of nitro benzene ring substituents is 1. The summed E-state index contributed by atoms with van der Waals surface area (Å²) in [6, 6.07) is 14.4. The zero-order chi connectivity index (χ0) is 24.4. The molecule has 1 aromatic heterocycles. The molecule has 0 saturated carbocycles. The van der Waals surface area contributed by atoms with Crippen LogP contribution in [0.2, 0.25) is 5.02 Å². The van der Waals surface area contributed by atoms with Gasteiger partial charge in [-0.3, -0.25) is 29.4 Å². The van der Waals surface area contributed by atoms with E-state index in [9.17, 15) is 24.5 Å². The Morgan fingerprint density at radius 1 is 1.21 bits per heavy atom. The van der Waals surface area contributed by atoms with Crippen LogP contribution in [0, 0.1) is 17.0 Å². The smallest absolute Gasteiger partial charge is 0.294 e. The molecule has 0 spiro atoms. The summed E-state index contributed by atoms with van der Waals surface area (Å²) >= 11 is 6.53. The molecule has 2 aromatic carbocycles. The molecule has 1 fully saturated rings. The van der Waals surface area contributed by atoms with Crippen molar-refractivity contribution in [3.63, 3.8) is 0 Å². The van der Waals surface area contributed by atoms with E-state index in [-0.39, 0.29) is 32.7 Å². The van der Waals surface area contributed by atoms with Crippen LogP contribution in [-0.2, 0) is 9.59 Å². The van der Waals surface area contributed by atoms with Gasteiger partial charge in [0.2, 0.25) is 5.91 Å². The Morgan fingerprint density at radius 3 is 2.71 bits per heavy atom. The van der Waals surface area contributed by atoms with Crippen molar-refractivity contribution >= 4 is 57.9 Å². The molecule has 3 amide bonds. The van der Waals surface area contributed by atoms with Crippen molar-refractivity contribution in [1.82, 2.24) is 4.90 Å². The molecule has 4 rings (SSSR count). The lowest BCUT2D eigenvalue weighted by atomic mass is 10.1. The number of aryl methyl sites for hydroxylation is 1. The maximum Gasteiger partial charge on any atom is 0.294 e. The van der Waals surface area contributed by atoms with Crippen LogP contribution in [0.4, 0.5) is 16.2 Å². The molecular weight excluding hydrogens is 482 g/mol. The summed E-state index contributed by atoms with van der Waals surface area (Å²) in [5.41, 5.74) is 1.43. The molecule has 3 aromatic rings. The number of thioether (sulfide) groups is 1. The molecule has 0 bridgehead atoms. The van der Waals surface area contributed by atoms with E-state index in [1.807, 2.05) is 19.1 Å². The first-order valence-electron chi connectivity index (χ1n) is 9.88. The maximum atomic E-state index is 12.7. The zero-order valence-electron chi connectivity index (χ0n) is 17.6. The van der Waals surface area contributed by atoms with E-state index in [1.165, 1.54) is 36.4 Å². The number of carbonyl (C=O) groups is 3. The van der Waals surface area contributed by atoms with Gasteiger partial charge in [-0.1, -0.05) is 29.8 Å². The number of hydrogen-bond donors (Lipinski definition) is 1. The van der Waals surface area contributed by atoms with Crippen molar-refractivity contribution in [2.45, 2.75) is 6.92 Å². The number of nitrogens with one attached hydrogen (secondary N) is 1. The van der Waals surface area contributed by atoms with Crippen molar-refractivity contribution in [3.8, 4) is 11.3 Å². The molecule has 0 aliphatic carbocycles. The molecule has 1 aliphatic rings. The third kappa shape index (κ3) is 4.87. The lowest BCUT2D eigenvalue weighted by Crippen LogP contribution is -2.36. The second-order valence-corrected chi connectivity index (χ2v) is 8.68. The van der Waals surface area contributed by atoms with Crippen molar-refractivity contribution in [2.24, 2.45) is 0 Å².